The van der Waals surface area contributed by atoms with Gasteiger partial charge in [0.25, 0.3) is 0 Å². The van der Waals surface area contributed by atoms with Gasteiger partial charge in [-0.25, -0.2) is 0 Å². The highest BCUT2D eigenvalue weighted by Crippen LogP contribution is 2.28. The lowest BCUT2D eigenvalue weighted by molar-refractivity contribution is -0.116. The zero-order valence-corrected chi connectivity index (χ0v) is 16.8. The number of carbonyl (C=O) groups is 1. The third-order valence-electron chi connectivity index (χ3n) is 5.22. The zero-order chi connectivity index (χ0) is 18.6. The lowest BCUT2D eigenvalue weighted by Crippen LogP contribution is -2.18. The molecule has 0 radical (unpaired) electrons. The number of ether oxygens (including phenoxy) is 1. The number of nitrogens with one attached hydrogen (secondary N) is 2. The molecule has 4 rings (SSSR count). The van der Waals surface area contributed by atoms with E-state index in [0.29, 0.717) is 13.0 Å². The fraction of sp³-hybridized carbons (Fsp3) is 0.318. The van der Waals surface area contributed by atoms with Crippen LogP contribution in [0, 0.1) is 0 Å². The summed E-state index contributed by atoms with van der Waals surface area (Å²) < 4.78 is 7.49. The molecule has 1 aromatic heterocycles. The third-order valence-corrected chi connectivity index (χ3v) is 5.22. The largest absolute Gasteiger partial charge is 0.497 e. The summed E-state index contributed by atoms with van der Waals surface area (Å²) in [6.07, 6.45) is 2.50. The quantitative estimate of drug-likeness (QED) is 0.686. The Kier molecular flexibility index (Phi) is 6.60. The van der Waals surface area contributed by atoms with Gasteiger partial charge < -0.3 is 19.9 Å². The van der Waals surface area contributed by atoms with Crippen molar-refractivity contribution in [1.82, 2.24) is 9.88 Å². The topological polar surface area (TPSA) is 55.3 Å². The number of anilines is 1. The molecule has 6 heteroatoms. The molecule has 28 heavy (non-hydrogen) atoms. The highest BCUT2D eigenvalue weighted by Gasteiger charge is 2.18. The summed E-state index contributed by atoms with van der Waals surface area (Å²) in [4.78, 5) is 12.5. The second kappa shape index (κ2) is 9.13. The van der Waals surface area contributed by atoms with E-state index in [1.807, 2.05) is 24.3 Å². The van der Waals surface area contributed by atoms with E-state index in [1.54, 1.807) is 7.11 Å². The van der Waals surface area contributed by atoms with Crippen molar-refractivity contribution in [2.75, 3.05) is 25.5 Å². The van der Waals surface area contributed by atoms with E-state index in [-0.39, 0.29) is 18.3 Å². The average Bonchev–Trinajstić information content (AvgIpc) is 2.84. The Bertz CT molecular complexity index is 950. The van der Waals surface area contributed by atoms with E-state index < -0.39 is 0 Å². The number of fused-ring (bicyclic) bond motifs is 3. The fourth-order valence-electron chi connectivity index (χ4n) is 3.90. The molecule has 0 unspecified atom stereocenters. The Morgan fingerprint density at radius 2 is 1.86 bits per heavy atom. The molecule has 0 bridgehead atoms. The summed E-state index contributed by atoms with van der Waals surface area (Å²) in [6, 6.07) is 16.0. The third kappa shape index (κ3) is 4.16. The zero-order valence-electron chi connectivity index (χ0n) is 16.0. The second-order valence-corrected chi connectivity index (χ2v) is 6.87. The molecule has 1 amide bonds. The summed E-state index contributed by atoms with van der Waals surface area (Å²) >= 11 is 0. The van der Waals surface area contributed by atoms with Crippen molar-refractivity contribution < 1.29 is 9.53 Å². The van der Waals surface area contributed by atoms with E-state index in [4.69, 9.17) is 4.74 Å². The first-order chi connectivity index (χ1) is 13.3. The molecule has 2 heterocycles. The summed E-state index contributed by atoms with van der Waals surface area (Å²) in [5, 5.41) is 7.78. The van der Waals surface area contributed by atoms with Crippen molar-refractivity contribution in [2.24, 2.45) is 0 Å². The highest BCUT2D eigenvalue weighted by atomic mass is 35.5. The second-order valence-electron chi connectivity index (χ2n) is 6.87. The van der Waals surface area contributed by atoms with Crippen LogP contribution in [0.1, 0.15) is 17.7 Å². The Labute approximate surface area is 171 Å². The van der Waals surface area contributed by atoms with Crippen LogP contribution in [0.15, 0.2) is 48.5 Å². The van der Waals surface area contributed by atoms with Gasteiger partial charge >= 0.3 is 0 Å². The molecule has 148 valence electrons. The van der Waals surface area contributed by atoms with Gasteiger partial charge in [-0.05, 0) is 48.9 Å². The molecule has 0 aliphatic carbocycles. The van der Waals surface area contributed by atoms with Gasteiger partial charge in [0.1, 0.15) is 5.75 Å². The van der Waals surface area contributed by atoms with Crippen LogP contribution >= 0.6 is 12.4 Å². The maximum absolute atomic E-state index is 12.5. The Morgan fingerprint density at radius 3 is 2.64 bits per heavy atom. The minimum absolute atomic E-state index is 0. The number of rotatable bonds is 5. The van der Waals surface area contributed by atoms with Crippen LogP contribution in [0.4, 0.5) is 5.69 Å². The van der Waals surface area contributed by atoms with Gasteiger partial charge in [0.15, 0.2) is 0 Å². The molecule has 2 aromatic carbocycles. The molecule has 5 nitrogen and oxygen atoms in total. The molecular formula is C22H26ClN3O2. The number of methoxy groups -OCH3 is 1. The summed E-state index contributed by atoms with van der Waals surface area (Å²) in [6.45, 7) is 2.69. The lowest BCUT2D eigenvalue weighted by Gasteiger charge is -2.11. The number of benzene rings is 2. The first kappa shape index (κ1) is 20.2. The van der Waals surface area contributed by atoms with Gasteiger partial charge in [0, 0.05) is 48.2 Å². The van der Waals surface area contributed by atoms with Crippen LogP contribution in [-0.4, -0.2) is 30.7 Å². The van der Waals surface area contributed by atoms with E-state index in [1.165, 1.54) is 22.2 Å². The standard InChI is InChI=1S/C22H25N3O2.ClH/c1-27-17-8-6-16(7-9-17)24-22(26)12-15-25-20-5-3-2-4-18(20)19-10-13-23-14-11-21(19)25;/h2-9,23H,10-15H2,1H3,(H,24,26);1H. The number of carbonyl (C=O) groups excluding carboxylic acids is 1. The molecule has 1 aliphatic rings. The molecule has 3 aromatic rings. The Morgan fingerprint density at radius 1 is 1.11 bits per heavy atom. The van der Waals surface area contributed by atoms with Gasteiger partial charge in [-0.1, -0.05) is 18.2 Å². The average molecular weight is 400 g/mol. The molecule has 0 atom stereocenters. The minimum atomic E-state index is 0. The summed E-state index contributed by atoms with van der Waals surface area (Å²) in [7, 11) is 1.63. The molecule has 0 spiro atoms. The van der Waals surface area contributed by atoms with E-state index in [9.17, 15) is 4.79 Å². The van der Waals surface area contributed by atoms with Crippen molar-refractivity contribution in [3.63, 3.8) is 0 Å². The van der Waals surface area contributed by atoms with E-state index in [2.05, 4.69) is 39.5 Å². The highest BCUT2D eigenvalue weighted by molar-refractivity contribution is 5.91. The SMILES string of the molecule is COc1ccc(NC(=O)CCn2c3c(c4ccccc42)CCNCC3)cc1.Cl. The molecule has 0 saturated heterocycles. The van der Waals surface area contributed by atoms with Crippen molar-refractivity contribution in [3.8, 4) is 5.75 Å². The Hall–Kier alpha value is -2.50. The van der Waals surface area contributed by atoms with Crippen molar-refractivity contribution in [3.05, 3.63) is 59.8 Å². The first-order valence-electron chi connectivity index (χ1n) is 9.50. The molecule has 2 N–H and O–H groups in total. The van der Waals surface area contributed by atoms with Crippen LogP contribution in [0.3, 0.4) is 0 Å². The van der Waals surface area contributed by atoms with Crippen LogP contribution < -0.4 is 15.4 Å². The predicted molar refractivity (Wildman–Crippen MR) is 116 cm³/mol. The van der Waals surface area contributed by atoms with Crippen molar-refractivity contribution in [2.45, 2.75) is 25.8 Å². The Balaban J connectivity index is 0.00000225. The number of aromatic nitrogens is 1. The number of aryl methyl sites for hydroxylation is 1. The van der Waals surface area contributed by atoms with Gasteiger partial charge in [-0.3, -0.25) is 4.79 Å². The van der Waals surface area contributed by atoms with Crippen LogP contribution in [0.5, 0.6) is 5.75 Å². The van der Waals surface area contributed by atoms with Crippen LogP contribution in [0.2, 0.25) is 0 Å². The summed E-state index contributed by atoms with van der Waals surface area (Å²) in [5.41, 5.74) is 4.84. The minimum Gasteiger partial charge on any atom is -0.497 e. The fourth-order valence-corrected chi connectivity index (χ4v) is 3.90. The van der Waals surface area contributed by atoms with Crippen LogP contribution in [-0.2, 0) is 24.2 Å². The van der Waals surface area contributed by atoms with E-state index >= 15 is 0 Å². The number of para-hydroxylation sites is 1. The van der Waals surface area contributed by atoms with Gasteiger partial charge in [0.2, 0.25) is 5.91 Å². The van der Waals surface area contributed by atoms with Gasteiger partial charge in [-0.15, -0.1) is 12.4 Å². The predicted octanol–water partition coefficient (Wildman–Crippen LogP) is 3.79. The maximum atomic E-state index is 12.5. The molecule has 0 fully saturated rings. The van der Waals surface area contributed by atoms with E-state index in [0.717, 1.165) is 37.4 Å². The molecule has 1 aliphatic heterocycles. The van der Waals surface area contributed by atoms with Gasteiger partial charge in [0.05, 0.1) is 7.11 Å². The number of hydrogen-bond acceptors (Lipinski definition) is 3. The van der Waals surface area contributed by atoms with Crippen molar-refractivity contribution >= 4 is 34.9 Å². The van der Waals surface area contributed by atoms with Crippen LogP contribution in [0.25, 0.3) is 10.9 Å². The molecular weight excluding hydrogens is 374 g/mol. The molecule has 0 saturated carbocycles. The normalized spacial score (nSPS) is 13.3. The summed E-state index contributed by atoms with van der Waals surface area (Å²) in [5.74, 6) is 0.807. The number of amides is 1. The maximum Gasteiger partial charge on any atom is 0.226 e. The smallest absolute Gasteiger partial charge is 0.226 e. The number of hydrogen-bond donors (Lipinski definition) is 2. The lowest BCUT2D eigenvalue weighted by atomic mass is 10.1. The monoisotopic (exact) mass is 399 g/mol. The number of halogens is 1. The van der Waals surface area contributed by atoms with Crippen molar-refractivity contribution in [1.29, 1.82) is 0 Å². The van der Waals surface area contributed by atoms with Gasteiger partial charge in [-0.2, -0.15) is 0 Å². The first-order valence-corrected chi connectivity index (χ1v) is 9.50. The number of nitrogens with zero attached hydrogens (tertiary/aromatic N) is 1.